The highest BCUT2D eigenvalue weighted by Gasteiger charge is 2.16. The fourth-order valence-corrected chi connectivity index (χ4v) is 11.6. The Hall–Kier alpha value is -9.38. The number of rotatable bonds is 1. The lowest BCUT2D eigenvalue weighted by Gasteiger charge is -1.98. The summed E-state index contributed by atoms with van der Waals surface area (Å²) in [5.41, 5.74) is 19.0. The Balaban J connectivity index is 0.000000130. The van der Waals surface area contributed by atoms with Crippen molar-refractivity contribution in [1.29, 1.82) is 0 Å². The molecule has 11 aromatic carbocycles. The smallest absolute Gasteiger partial charge is 0.0488 e. The summed E-state index contributed by atoms with van der Waals surface area (Å²) >= 11 is 0. The lowest BCUT2D eigenvalue weighted by Crippen LogP contribution is -1.84. The van der Waals surface area contributed by atoms with Crippen LogP contribution in [0.15, 0.2) is 267 Å². The van der Waals surface area contributed by atoms with Crippen LogP contribution >= 0.6 is 0 Å². The molecule has 0 N–H and O–H groups in total. The molecule has 424 valence electrons. The highest BCUT2D eigenvalue weighted by atomic mass is 14.9. The average molecular weight is 1100 g/mol. The molecule has 4 heterocycles. The van der Waals surface area contributed by atoms with E-state index in [0.717, 1.165) is 12.8 Å². The van der Waals surface area contributed by atoms with Crippen molar-refractivity contribution in [3.05, 3.63) is 289 Å². The summed E-state index contributed by atoms with van der Waals surface area (Å²) in [5.74, 6) is 0. The predicted octanol–water partition coefficient (Wildman–Crippen LogP) is 22.2. The highest BCUT2D eigenvalue weighted by molar-refractivity contribution is 6.10. The summed E-state index contributed by atoms with van der Waals surface area (Å²) in [4.78, 5) is 0. The predicted molar refractivity (Wildman–Crippen MR) is 371 cm³/mol. The van der Waals surface area contributed by atoms with Gasteiger partial charge in [0.25, 0.3) is 0 Å². The molecule has 0 fully saturated rings. The van der Waals surface area contributed by atoms with Crippen molar-refractivity contribution in [3.63, 3.8) is 0 Å². The molecule has 0 saturated carbocycles. The maximum Gasteiger partial charge on any atom is 0.0488 e. The third kappa shape index (κ3) is 12.9. The highest BCUT2D eigenvalue weighted by Crippen LogP contribution is 2.36. The van der Waals surface area contributed by atoms with Crippen molar-refractivity contribution < 1.29 is 0 Å². The van der Waals surface area contributed by atoms with Crippen molar-refractivity contribution in [2.24, 2.45) is 28.2 Å². The van der Waals surface area contributed by atoms with Crippen molar-refractivity contribution >= 4 is 87.2 Å². The Labute approximate surface area is 499 Å². The zero-order chi connectivity index (χ0) is 59.5. The fraction of sp³-hybridized carbons (Fsp3) is 0.175. The largest absolute Gasteiger partial charge is 0.344 e. The van der Waals surface area contributed by atoms with Gasteiger partial charge < -0.3 is 18.3 Å². The fourth-order valence-electron chi connectivity index (χ4n) is 11.6. The second-order valence-corrected chi connectivity index (χ2v) is 20.1. The van der Waals surface area contributed by atoms with E-state index in [0.29, 0.717) is 0 Å². The molecule has 0 amide bonds. The van der Waals surface area contributed by atoms with Crippen molar-refractivity contribution in [3.8, 4) is 11.1 Å². The standard InChI is InChI=1S/4C13H11N.C13H10.C9H12.3C2H6/c4*1-14-12-8-4-2-6-10(12)11-7-3-5-9-13(11)14;1-3-7-12-10(5-1)9-11-6-2-4-8-13(11)12;1-3-9-7-5-4-6-8(9)2;3*1-2/h4*2-9H,1H3;1-8H,9H2;4-7H,3H2,1-2H3;3*1-2H3. The van der Waals surface area contributed by atoms with E-state index in [-0.39, 0.29) is 0 Å². The second-order valence-electron chi connectivity index (χ2n) is 20.1. The minimum absolute atomic E-state index is 1.10. The van der Waals surface area contributed by atoms with Crippen LogP contribution in [0, 0.1) is 6.92 Å². The van der Waals surface area contributed by atoms with E-state index in [9.17, 15) is 0 Å². The first-order valence-corrected chi connectivity index (χ1v) is 30.2. The number of aromatic nitrogens is 4. The van der Waals surface area contributed by atoms with Crippen LogP contribution in [0.25, 0.3) is 98.4 Å². The molecule has 0 radical (unpaired) electrons. The minimum Gasteiger partial charge on any atom is -0.344 e. The van der Waals surface area contributed by atoms with Crippen molar-refractivity contribution in [1.82, 2.24) is 18.3 Å². The number of hydrogen-bond donors (Lipinski definition) is 0. The molecule has 0 saturated heterocycles. The Morgan fingerprint density at radius 3 is 0.655 bits per heavy atom. The monoisotopic (exact) mass is 1100 g/mol. The van der Waals surface area contributed by atoms with Gasteiger partial charge in [0.05, 0.1) is 0 Å². The van der Waals surface area contributed by atoms with E-state index >= 15 is 0 Å². The number of nitrogens with zero attached hydrogens (tertiary/aromatic N) is 4. The third-order valence-electron chi connectivity index (χ3n) is 15.6. The summed E-state index contributed by atoms with van der Waals surface area (Å²) in [6.45, 7) is 16.3. The topological polar surface area (TPSA) is 19.7 Å². The Morgan fingerprint density at radius 2 is 0.440 bits per heavy atom. The SMILES string of the molecule is CC.CC.CC.CCc1ccccc1C.Cn1c2ccccc2c2ccccc21.Cn1c2ccccc2c2ccccc21.Cn1c2ccccc2c2ccccc21.Cn1c2ccccc2c2ccccc21.c1ccc2c(c1)Cc1ccccc1-2. The van der Waals surface area contributed by atoms with Gasteiger partial charge in [-0.3, -0.25) is 0 Å². The molecule has 1 aliphatic carbocycles. The van der Waals surface area contributed by atoms with E-state index in [2.05, 4.69) is 327 Å². The number of fused-ring (bicyclic) bond motifs is 15. The first kappa shape index (κ1) is 60.7. The third-order valence-corrected chi connectivity index (χ3v) is 15.6. The normalized spacial score (nSPS) is 10.6. The number of hydrogen-bond acceptors (Lipinski definition) is 0. The summed E-state index contributed by atoms with van der Waals surface area (Å²) < 4.78 is 8.96. The van der Waals surface area contributed by atoms with Crippen LogP contribution in [-0.2, 0) is 41.0 Å². The molecule has 0 aliphatic heterocycles. The Kier molecular flexibility index (Phi) is 21.4. The van der Waals surface area contributed by atoms with Crippen LogP contribution in [0.5, 0.6) is 0 Å². The number of benzene rings is 11. The molecule has 84 heavy (non-hydrogen) atoms. The van der Waals surface area contributed by atoms with Gasteiger partial charge >= 0.3 is 0 Å². The molecule has 16 rings (SSSR count). The van der Waals surface area contributed by atoms with Gasteiger partial charge in [-0.25, -0.2) is 0 Å². The second kappa shape index (κ2) is 29.6. The molecule has 4 nitrogen and oxygen atoms in total. The van der Waals surface area contributed by atoms with Crippen LogP contribution < -0.4 is 0 Å². The van der Waals surface area contributed by atoms with Gasteiger partial charge in [0.1, 0.15) is 0 Å². The van der Waals surface area contributed by atoms with Crippen LogP contribution in [-0.4, -0.2) is 18.3 Å². The summed E-state index contributed by atoms with van der Waals surface area (Å²) in [5, 5.41) is 10.7. The van der Waals surface area contributed by atoms with Crippen LogP contribution in [0.3, 0.4) is 0 Å². The van der Waals surface area contributed by atoms with Gasteiger partial charge in [0.15, 0.2) is 0 Å². The zero-order valence-corrected chi connectivity index (χ0v) is 51.6. The molecule has 4 aromatic heterocycles. The molecule has 15 aromatic rings. The molecule has 1 aliphatic rings. The Bertz CT molecular complexity index is 3830. The summed E-state index contributed by atoms with van der Waals surface area (Å²) in [6.07, 6.45) is 2.25. The average Bonchev–Trinajstić information content (AvgIpc) is 3.32. The Morgan fingerprint density at radius 1 is 0.250 bits per heavy atom. The van der Waals surface area contributed by atoms with Crippen LogP contribution in [0.1, 0.15) is 70.7 Å². The van der Waals surface area contributed by atoms with E-state index in [4.69, 9.17) is 0 Å². The maximum atomic E-state index is 2.24. The minimum atomic E-state index is 1.10. The molecule has 0 unspecified atom stereocenters. The molecular formula is C80H84N4. The van der Waals surface area contributed by atoms with Gasteiger partial charge in [-0.15, -0.1) is 0 Å². The summed E-state index contributed by atoms with van der Waals surface area (Å²) in [6, 6.07) is 93.9. The van der Waals surface area contributed by atoms with Gasteiger partial charge in [-0.1, -0.05) is 267 Å². The number of para-hydroxylation sites is 8. The van der Waals surface area contributed by atoms with Gasteiger partial charge in [-0.2, -0.15) is 0 Å². The van der Waals surface area contributed by atoms with Gasteiger partial charge in [0.2, 0.25) is 0 Å². The molecule has 0 bridgehead atoms. The zero-order valence-electron chi connectivity index (χ0n) is 51.6. The van der Waals surface area contributed by atoms with E-state index in [1.165, 1.54) is 121 Å². The molecule has 0 spiro atoms. The van der Waals surface area contributed by atoms with E-state index in [1.54, 1.807) is 0 Å². The maximum absolute atomic E-state index is 2.24. The first-order valence-electron chi connectivity index (χ1n) is 30.2. The van der Waals surface area contributed by atoms with Crippen LogP contribution in [0.4, 0.5) is 0 Å². The van der Waals surface area contributed by atoms with Gasteiger partial charge in [-0.05, 0) is 102 Å². The first-order chi connectivity index (χ1) is 41.3. The van der Waals surface area contributed by atoms with Gasteiger partial charge in [0, 0.05) is 115 Å². The van der Waals surface area contributed by atoms with E-state index < -0.39 is 0 Å². The lowest BCUT2D eigenvalue weighted by atomic mass is 10.1. The quantitative estimate of drug-likeness (QED) is 0.156. The van der Waals surface area contributed by atoms with Crippen molar-refractivity contribution in [2.75, 3.05) is 0 Å². The lowest BCUT2D eigenvalue weighted by molar-refractivity contribution is 1.01. The molecule has 0 atom stereocenters. The number of aryl methyl sites for hydroxylation is 6. The van der Waals surface area contributed by atoms with Crippen molar-refractivity contribution in [2.45, 2.75) is 68.2 Å². The van der Waals surface area contributed by atoms with E-state index in [1.807, 2.05) is 41.5 Å². The van der Waals surface area contributed by atoms with Crippen LogP contribution in [0.2, 0.25) is 0 Å². The molecule has 4 heteroatoms. The molecular weight excluding hydrogens is 1020 g/mol. The summed E-state index contributed by atoms with van der Waals surface area (Å²) in [7, 11) is 8.46.